The zero-order chi connectivity index (χ0) is 29.8. The summed E-state index contributed by atoms with van der Waals surface area (Å²) >= 11 is 0. The van der Waals surface area contributed by atoms with Crippen LogP contribution < -0.4 is 10.2 Å². The monoisotopic (exact) mass is 606 g/mol. The molecule has 0 saturated heterocycles. The molecule has 234 valence electrons. The zero-order valence-electron chi connectivity index (χ0n) is 26.7. The van der Waals surface area contributed by atoms with E-state index in [9.17, 15) is 19.8 Å². The van der Waals surface area contributed by atoms with Crippen molar-refractivity contribution in [1.82, 2.24) is 0 Å². The summed E-state index contributed by atoms with van der Waals surface area (Å²) < 4.78 is 0. The summed E-state index contributed by atoms with van der Waals surface area (Å²) in [6, 6.07) is 0. The van der Waals surface area contributed by atoms with Crippen molar-refractivity contribution in [3.63, 3.8) is 0 Å². The van der Waals surface area contributed by atoms with Crippen LogP contribution >= 0.6 is 0 Å². The van der Waals surface area contributed by atoms with Gasteiger partial charge in [-0.25, -0.2) is 0 Å². The van der Waals surface area contributed by atoms with Gasteiger partial charge in [-0.15, -0.1) is 0 Å². The molecule has 0 amide bonds. The van der Waals surface area contributed by atoms with E-state index in [0.717, 1.165) is 64.2 Å². The van der Waals surface area contributed by atoms with Gasteiger partial charge < -0.3 is 19.8 Å². The van der Waals surface area contributed by atoms with Gasteiger partial charge in [-0.1, -0.05) is 127 Å². The van der Waals surface area contributed by atoms with E-state index in [1.165, 1.54) is 77.0 Å². The Bertz CT molecular complexity index is 596. The molecule has 0 aromatic rings. The van der Waals surface area contributed by atoms with E-state index in [1.54, 1.807) is 0 Å². The van der Waals surface area contributed by atoms with E-state index in [0.29, 0.717) is 0 Å². The van der Waals surface area contributed by atoms with Crippen LogP contribution in [0.4, 0.5) is 0 Å². The van der Waals surface area contributed by atoms with Gasteiger partial charge in [-0.3, -0.25) is 0 Å². The summed E-state index contributed by atoms with van der Waals surface area (Å²) in [5.74, 6) is -1.84. The Labute approximate surface area is 269 Å². The third kappa shape index (κ3) is 48.7. The molecule has 0 aromatic carbocycles. The molecule has 0 rings (SSSR count). The fourth-order valence-electron chi connectivity index (χ4n) is 4.16. The maximum Gasteiger partial charge on any atom is 2.00 e. The molecule has 0 bridgehead atoms. The molecule has 0 heterocycles. The molecule has 0 aliphatic rings. The van der Waals surface area contributed by atoms with Gasteiger partial charge in [0.05, 0.1) is 0 Å². The van der Waals surface area contributed by atoms with Crippen molar-refractivity contribution in [2.45, 2.75) is 168 Å². The fraction of sp³-hybridized carbons (Fsp3) is 0.722. The standard InChI is InChI=1S/2C18H32O2.Ti/c2*1-2-3-4-5-6-7-8-9-10-11-12-13-14-15-16-17-18(19)20;/h2*6-7,9-10H,2-5,8,11-17H2,1H3,(H,19,20);/q;;+2/p-2/b2*7-6-,10-9-;. The third-order valence-corrected chi connectivity index (χ3v) is 6.66. The van der Waals surface area contributed by atoms with Gasteiger partial charge in [-0.05, 0) is 89.9 Å². The number of carbonyl (C=O) groups is 2. The van der Waals surface area contributed by atoms with E-state index in [2.05, 4.69) is 62.5 Å². The van der Waals surface area contributed by atoms with Gasteiger partial charge >= 0.3 is 21.7 Å². The van der Waals surface area contributed by atoms with Crippen LogP contribution in [0.15, 0.2) is 48.6 Å². The van der Waals surface area contributed by atoms with Crippen molar-refractivity contribution >= 4 is 11.9 Å². The number of rotatable bonds is 28. The number of hydrogen-bond acceptors (Lipinski definition) is 4. The quantitative estimate of drug-likeness (QED) is 0.0505. The second kappa shape index (κ2) is 40.8. The molecule has 0 aliphatic heterocycles. The molecule has 0 N–H and O–H groups in total. The molecule has 0 aromatic heterocycles. The molecule has 41 heavy (non-hydrogen) atoms. The number of unbranched alkanes of at least 4 members (excludes halogenated alkanes) is 16. The average molecular weight is 607 g/mol. The van der Waals surface area contributed by atoms with Gasteiger partial charge in [0.25, 0.3) is 0 Å². The predicted molar refractivity (Wildman–Crippen MR) is 169 cm³/mol. The van der Waals surface area contributed by atoms with Gasteiger partial charge in [0, 0.05) is 11.9 Å². The van der Waals surface area contributed by atoms with Crippen molar-refractivity contribution in [3.8, 4) is 0 Å². The summed E-state index contributed by atoms with van der Waals surface area (Å²) in [6.45, 7) is 4.46. The molecule has 0 aliphatic carbocycles. The van der Waals surface area contributed by atoms with Crippen molar-refractivity contribution < 1.29 is 41.5 Å². The topological polar surface area (TPSA) is 80.3 Å². The van der Waals surface area contributed by atoms with Crippen molar-refractivity contribution in [1.29, 1.82) is 0 Å². The van der Waals surface area contributed by atoms with Crippen molar-refractivity contribution in [3.05, 3.63) is 48.6 Å². The fourth-order valence-corrected chi connectivity index (χ4v) is 4.16. The molecule has 0 radical (unpaired) electrons. The van der Waals surface area contributed by atoms with Gasteiger partial charge in [0.15, 0.2) is 0 Å². The number of carbonyl (C=O) groups excluding carboxylic acids is 2. The maximum atomic E-state index is 10.2. The average Bonchev–Trinajstić information content (AvgIpc) is 2.93. The van der Waals surface area contributed by atoms with Crippen LogP contribution in [0.25, 0.3) is 0 Å². The van der Waals surface area contributed by atoms with Crippen LogP contribution in [0.5, 0.6) is 0 Å². The van der Waals surface area contributed by atoms with E-state index in [-0.39, 0.29) is 34.6 Å². The normalized spacial score (nSPS) is 11.4. The Morgan fingerprint density at radius 3 is 0.976 bits per heavy atom. The minimum atomic E-state index is -0.921. The smallest absolute Gasteiger partial charge is 0.550 e. The molecule has 0 spiro atoms. The summed E-state index contributed by atoms with van der Waals surface area (Å²) in [7, 11) is 0. The zero-order valence-corrected chi connectivity index (χ0v) is 28.3. The van der Waals surface area contributed by atoms with Crippen LogP contribution in [0.3, 0.4) is 0 Å². The van der Waals surface area contributed by atoms with Crippen LogP contribution in [-0.4, -0.2) is 11.9 Å². The van der Waals surface area contributed by atoms with Crippen LogP contribution in [0.2, 0.25) is 0 Å². The van der Waals surface area contributed by atoms with Gasteiger partial charge in [0.1, 0.15) is 0 Å². The van der Waals surface area contributed by atoms with Crippen LogP contribution in [0, 0.1) is 0 Å². The summed E-state index contributed by atoms with van der Waals surface area (Å²) in [5, 5.41) is 20.4. The molecule has 0 atom stereocenters. The summed E-state index contributed by atoms with van der Waals surface area (Å²) in [4.78, 5) is 20.4. The first-order valence-electron chi connectivity index (χ1n) is 16.5. The van der Waals surface area contributed by atoms with Crippen LogP contribution in [0.1, 0.15) is 168 Å². The Morgan fingerprint density at radius 1 is 0.415 bits per heavy atom. The Hall–Kier alpha value is -1.39. The number of aliphatic carboxylic acids is 2. The number of carboxylic acid groups (broad SMARTS) is 2. The Balaban J connectivity index is -0.000000688. The predicted octanol–water partition coefficient (Wildman–Crippen LogP) is 9.10. The minimum Gasteiger partial charge on any atom is -0.550 e. The molecule has 0 saturated carbocycles. The van der Waals surface area contributed by atoms with Crippen molar-refractivity contribution in [2.75, 3.05) is 0 Å². The molecule has 4 nitrogen and oxygen atoms in total. The second-order valence-electron chi connectivity index (χ2n) is 10.7. The molecular weight excluding hydrogens is 544 g/mol. The summed E-state index contributed by atoms with van der Waals surface area (Å²) in [6.07, 6.45) is 43.9. The first-order chi connectivity index (χ1) is 19.5. The number of allylic oxidation sites excluding steroid dienone is 8. The minimum absolute atomic E-state index is 0. The second-order valence-corrected chi connectivity index (χ2v) is 10.7. The number of carboxylic acids is 2. The largest absolute Gasteiger partial charge is 2.00 e. The molecule has 5 heteroatoms. The maximum absolute atomic E-state index is 10.2. The molecule has 0 fully saturated rings. The van der Waals surface area contributed by atoms with Gasteiger partial charge in [0.2, 0.25) is 0 Å². The first-order valence-corrected chi connectivity index (χ1v) is 16.5. The van der Waals surface area contributed by atoms with E-state index < -0.39 is 11.9 Å². The van der Waals surface area contributed by atoms with Gasteiger partial charge in [-0.2, -0.15) is 0 Å². The van der Waals surface area contributed by atoms with Crippen molar-refractivity contribution in [2.24, 2.45) is 0 Å². The third-order valence-electron chi connectivity index (χ3n) is 6.66. The first kappa shape index (κ1) is 44.1. The summed E-state index contributed by atoms with van der Waals surface area (Å²) in [5.41, 5.74) is 0. The van der Waals surface area contributed by atoms with E-state index in [4.69, 9.17) is 0 Å². The Morgan fingerprint density at radius 2 is 0.683 bits per heavy atom. The molecular formula is C36H62O4Ti. The van der Waals surface area contributed by atoms with E-state index in [1.807, 2.05) is 0 Å². The number of hydrogen-bond donors (Lipinski definition) is 0. The van der Waals surface area contributed by atoms with Crippen LogP contribution in [-0.2, 0) is 31.3 Å². The SMILES string of the molecule is CCCCC/C=C\C/C=C\CCCCCCCC(=O)[O-].CCCCC/C=C\C/C=C\CCCCCCCC(=O)[O-].[Ti+2]. The Kier molecular flexibility index (Phi) is 43.8. The molecule has 0 unspecified atom stereocenters. The van der Waals surface area contributed by atoms with E-state index >= 15 is 0 Å².